The number of aryl methyl sites for hydroxylation is 1. The molecule has 0 radical (unpaired) electrons. The van der Waals surface area contributed by atoms with Crippen molar-refractivity contribution in [2.45, 2.75) is 25.4 Å². The maximum atomic E-state index is 12.5. The van der Waals surface area contributed by atoms with Gasteiger partial charge in [-0.2, -0.15) is 0 Å². The zero-order valence-electron chi connectivity index (χ0n) is 16.5. The van der Waals surface area contributed by atoms with E-state index in [0.717, 1.165) is 32.6 Å². The van der Waals surface area contributed by atoms with Crippen LogP contribution in [-0.2, 0) is 17.8 Å². The number of hydrogen-bond acceptors (Lipinski definition) is 3. The van der Waals surface area contributed by atoms with Crippen LogP contribution in [-0.4, -0.2) is 55.5 Å². The van der Waals surface area contributed by atoms with Crippen molar-refractivity contribution in [3.05, 3.63) is 71.8 Å². The third-order valence-corrected chi connectivity index (χ3v) is 5.20. The number of rotatable bonds is 8. The number of nitrogens with one attached hydrogen (secondary N) is 1. The largest absolute Gasteiger partial charge is 0.352 e. The second kappa shape index (κ2) is 9.67. The highest BCUT2D eigenvalue weighted by molar-refractivity contribution is 5.76. The molecule has 0 aliphatic carbocycles. The number of amides is 1. The normalized spacial score (nSPS) is 20.1. The molecule has 0 spiro atoms. The molecule has 144 valence electrons. The van der Waals surface area contributed by atoms with Crippen molar-refractivity contribution in [2.75, 3.05) is 33.7 Å². The summed E-state index contributed by atoms with van der Waals surface area (Å²) in [4.78, 5) is 17.2. The molecule has 1 fully saturated rings. The minimum Gasteiger partial charge on any atom is -0.352 e. The van der Waals surface area contributed by atoms with Crippen LogP contribution in [0.2, 0.25) is 0 Å². The molecule has 2 atom stereocenters. The second-order valence-corrected chi connectivity index (χ2v) is 7.86. The van der Waals surface area contributed by atoms with Gasteiger partial charge in [-0.25, -0.2) is 0 Å². The molecule has 1 N–H and O–H groups in total. The van der Waals surface area contributed by atoms with Gasteiger partial charge in [0, 0.05) is 44.6 Å². The fourth-order valence-corrected chi connectivity index (χ4v) is 3.93. The molecule has 1 heterocycles. The van der Waals surface area contributed by atoms with Gasteiger partial charge in [0.1, 0.15) is 0 Å². The first-order valence-corrected chi connectivity index (χ1v) is 9.84. The lowest BCUT2D eigenvalue weighted by Crippen LogP contribution is -2.43. The molecule has 3 rings (SSSR count). The van der Waals surface area contributed by atoms with Crippen LogP contribution in [0.5, 0.6) is 0 Å². The smallest absolute Gasteiger partial charge is 0.220 e. The van der Waals surface area contributed by atoms with Gasteiger partial charge in [0.15, 0.2) is 0 Å². The zero-order valence-corrected chi connectivity index (χ0v) is 16.5. The molecule has 4 heteroatoms. The summed E-state index contributed by atoms with van der Waals surface area (Å²) in [6.07, 6.45) is 1.35. The lowest BCUT2D eigenvalue weighted by atomic mass is 10.0. The quantitative estimate of drug-likeness (QED) is 0.781. The summed E-state index contributed by atoms with van der Waals surface area (Å²) in [6, 6.07) is 21.0. The summed E-state index contributed by atoms with van der Waals surface area (Å²) in [7, 11) is 4.21. The van der Waals surface area contributed by atoms with E-state index < -0.39 is 0 Å². The fourth-order valence-electron chi connectivity index (χ4n) is 3.93. The second-order valence-electron chi connectivity index (χ2n) is 7.86. The molecular weight excluding hydrogens is 334 g/mol. The highest BCUT2D eigenvalue weighted by atomic mass is 16.1. The molecule has 0 aromatic heterocycles. The van der Waals surface area contributed by atoms with Crippen molar-refractivity contribution in [1.82, 2.24) is 15.1 Å². The monoisotopic (exact) mass is 365 g/mol. The maximum Gasteiger partial charge on any atom is 0.220 e. The van der Waals surface area contributed by atoms with E-state index in [1.54, 1.807) is 0 Å². The standard InChI is InChI=1S/C23H31N3O/c1-25(2)16-21-17-26(15-20-11-7-4-8-12-20)18-22(21)24-23(27)14-13-19-9-5-3-6-10-19/h3-12,21-22H,13-18H2,1-2H3,(H,24,27)/t21-,22-/m1/s1. The third kappa shape index (κ3) is 6.19. The van der Waals surface area contributed by atoms with Crippen molar-refractivity contribution in [2.24, 2.45) is 5.92 Å². The lowest BCUT2D eigenvalue weighted by molar-refractivity contribution is -0.121. The summed E-state index contributed by atoms with van der Waals surface area (Å²) in [5.74, 6) is 0.624. The van der Waals surface area contributed by atoms with E-state index in [0.29, 0.717) is 12.3 Å². The number of nitrogens with zero attached hydrogens (tertiary/aromatic N) is 2. The van der Waals surface area contributed by atoms with Gasteiger partial charge in [0.25, 0.3) is 0 Å². The molecule has 1 saturated heterocycles. The van der Waals surface area contributed by atoms with Crippen molar-refractivity contribution >= 4 is 5.91 Å². The van der Waals surface area contributed by atoms with Crippen molar-refractivity contribution < 1.29 is 4.79 Å². The van der Waals surface area contributed by atoms with Crippen LogP contribution >= 0.6 is 0 Å². The summed E-state index contributed by atoms with van der Waals surface area (Å²) in [6.45, 7) is 3.89. The first-order chi connectivity index (χ1) is 13.1. The van der Waals surface area contributed by atoms with Crippen LogP contribution in [0.25, 0.3) is 0 Å². The molecule has 1 aliphatic heterocycles. The molecule has 0 saturated carbocycles. The van der Waals surface area contributed by atoms with E-state index in [1.807, 2.05) is 18.2 Å². The van der Waals surface area contributed by atoms with E-state index in [1.165, 1.54) is 11.1 Å². The van der Waals surface area contributed by atoms with Crippen LogP contribution < -0.4 is 5.32 Å². The predicted molar refractivity (Wildman–Crippen MR) is 110 cm³/mol. The molecule has 0 unspecified atom stereocenters. The predicted octanol–water partition coefficient (Wildman–Crippen LogP) is 2.80. The highest BCUT2D eigenvalue weighted by Gasteiger charge is 2.33. The van der Waals surface area contributed by atoms with Crippen LogP contribution in [0.3, 0.4) is 0 Å². The van der Waals surface area contributed by atoms with Gasteiger partial charge in [-0.15, -0.1) is 0 Å². The van der Waals surface area contributed by atoms with Gasteiger partial charge in [-0.3, -0.25) is 9.69 Å². The van der Waals surface area contributed by atoms with E-state index in [9.17, 15) is 4.79 Å². The Morgan fingerprint density at radius 3 is 2.26 bits per heavy atom. The first-order valence-electron chi connectivity index (χ1n) is 9.84. The molecule has 0 bridgehead atoms. The van der Waals surface area contributed by atoms with Crippen LogP contribution in [0, 0.1) is 5.92 Å². The van der Waals surface area contributed by atoms with Gasteiger partial charge < -0.3 is 10.2 Å². The van der Waals surface area contributed by atoms with Gasteiger partial charge >= 0.3 is 0 Å². The summed E-state index contributed by atoms with van der Waals surface area (Å²) < 4.78 is 0. The van der Waals surface area contributed by atoms with Crippen molar-refractivity contribution in [3.8, 4) is 0 Å². The van der Waals surface area contributed by atoms with Crippen LogP contribution in [0.1, 0.15) is 17.5 Å². The minimum absolute atomic E-state index is 0.161. The summed E-state index contributed by atoms with van der Waals surface area (Å²) in [5, 5.41) is 3.31. The average molecular weight is 366 g/mol. The maximum absolute atomic E-state index is 12.5. The summed E-state index contributed by atoms with van der Waals surface area (Å²) >= 11 is 0. The Kier molecular flexibility index (Phi) is 7.02. The molecule has 2 aromatic carbocycles. The van der Waals surface area contributed by atoms with Crippen LogP contribution in [0.4, 0.5) is 0 Å². The molecular formula is C23H31N3O. The first kappa shape index (κ1) is 19.6. The third-order valence-electron chi connectivity index (χ3n) is 5.20. The number of benzene rings is 2. The highest BCUT2D eigenvalue weighted by Crippen LogP contribution is 2.20. The topological polar surface area (TPSA) is 35.6 Å². The average Bonchev–Trinajstić information content (AvgIpc) is 3.01. The van der Waals surface area contributed by atoms with Gasteiger partial charge in [-0.1, -0.05) is 60.7 Å². The molecule has 1 amide bonds. The molecule has 2 aromatic rings. The lowest BCUT2D eigenvalue weighted by Gasteiger charge is -2.23. The Bertz CT molecular complexity index is 702. The fraction of sp³-hybridized carbons (Fsp3) is 0.435. The number of hydrogen-bond donors (Lipinski definition) is 1. The Labute approximate surface area is 163 Å². The Balaban J connectivity index is 1.55. The number of carbonyl (C=O) groups excluding carboxylic acids is 1. The number of carbonyl (C=O) groups is 1. The zero-order chi connectivity index (χ0) is 19.1. The van der Waals surface area contributed by atoms with Gasteiger partial charge in [0.05, 0.1) is 0 Å². The SMILES string of the molecule is CN(C)C[C@@H]1CN(Cc2ccccc2)C[C@H]1NC(=O)CCc1ccccc1. The van der Waals surface area contributed by atoms with Gasteiger partial charge in [-0.05, 0) is 31.6 Å². The molecule has 1 aliphatic rings. The van der Waals surface area contributed by atoms with Crippen molar-refractivity contribution in [3.63, 3.8) is 0 Å². The number of likely N-dealkylation sites (tertiary alicyclic amines) is 1. The molecule has 27 heavy (non-hydrogen) atoms. The molecule has 4 nitrogen and oxygen atoms in total. The Hall–Kier alpha value is -2.17. The van der Waals surface area contributed by atoms with Gasteiger partial charge in [0.2, 0.25) is 5.91 Å². The van der Waals surface area contributed by atoms with E-state index in [-0.39, 0.29) is 11.9 Å². The van der Waals surface area contributed by atoms with Crippen molar-refractivity contribution in [1.29, 1.82) is 0 Å². The Morgan fingerprint density at radius 2 is 1.63 bits per heavy atom. The Morgan fingerprint density at radius 1 is 1.00 bits per heavy atom. The van der Waals surface area contributed by atoms with Crippen LogP contribution in [0.15, 0.2) is 60.7 Å². The minimum atomic E-state index is 0.161. The summed E-state index contributed by atoms with van der Waals surface area (Å²) in [5.41, 5.74) is 2.55. The van der Waals surface area contributed by atoms with E-state index in [4.69, 9.17) is 0 Å². The van der Waals surface area contributed by atoms with E-state index >= 15 is 0 Å². The van der Waals surface area contributed by atoms with E-state index in [2.05, 4.69) is 71.7 Å².